The first-order chi connectivity index (χ1) is 15.3. The van der Waals surface area contributed by atoms with Gasteiger partial charge < -0.3 is 5.32 Å². The molecular weight excluding hydrogens is 440 g/mol. The number of nitrogens with zero attached hydrogens (tertiary/aromatic N) is 1. The highest BCUT2D eigenvalue weighted by atomic mass is 32.2. The average Bonchev–Trinajstić information content (AvgIpc) is 2.80. The van der Waals surface area contributed by atoms with Crippen LogP contribution in [0.2, 0.25) is 0 Å². The van der Waals surface area contributed by atoms with Gasteiger partial charge in [0.05, 0.1) is 10.6 Å². The van der Waals surface area contributed by atoms with Crippen LogP contribution >= 0.6 is 11.8 Å². The lowest BCUT2D eigenvalue weighted by Crippen LogP contribution is -2.30. The second-order valence-corrected chi connectivity index (χ2v) is 10.4. The molecule has 1 amide bonds. The monoisotopic (exact) mass is 468 g/mol. The second kappa shape index (κ2) is 10.2. The molecular formula is C25H28N2O3S2. The highest BCUT2D eigenvalue weighted by Crippen LogP contribution is 2.26. The van der Waals surface area contributed by atoms with Gasteiger partial charge in [-0.15, -0.1) is 11.8 Å². The first-order valence-electron chi connectivity index (χ1n) is 10.4. The number of sulfonamides is 1. The summed E-state index contributed by atoms with van der Waals surface area (Å²) in [4.78, 5) is 13.9. The summed E-state index contributed by atoms with van der Waals surface area (Å²) in [5.74, 6) is 0.181. The van der Waals surface area contributed by atoms with Crippen LogP contribution in [0, 0.1) is 0 Å². The van der Waals surface area contributed by atoms with Crippen LogP contribution in [0.15, 0.2) is 82.6 Å². The quantitative estimate of drug-likeness (QED) is 0.412. The van der Waals surface area contributed by atoms with E-state index in [9.17, 15) is 13.2 Å². The molecule has 3 aromatic rings. The predicted molar refractivity (Wildman–Crippen MR) is 133 cm³/mol. The molecule has 0 aliphatic carbocycles. The fourth-order valence-electron chi connectivity index (χ4n) is 3.30. The van der Waals surface area contributed by atoms with Gasteiger partial charge in [0.2, 0.25) is 0 Å². The molecule has 0 fully saturated rings. The van der Waals surface area contributed by atoms with Crippen LogP contribution < -0.4 is 9.62 Å². The Labute approximate surface area is 194 Å². The van der Waals surface area contributed by atoms with Crippen molar-refractivity contribution in [2.45, 2.75) is 36.5 Å². The fourth-order valence-corrected chi connectivity index (χ4v) is 5.18. The van der Waals surface area contributed by atoms with Crippen LogP contribution in [-0.2, 0) is 10.0 Å². The SMILES string of the molecule is CCN(c1ccc(C(=O)Nc2ccc(C(C)C)cc2)cc1)S(=O)(=O)c1ccc(SC)cc1. The number of rotatable bonds is 8. The van der Waals surface area contributed by atoms with Gasteiger partial charge in [0.25, 0.3) is 15.9 Å². The lowest BCUT2D eigenvalue weighted by Gasteiger charge is -2.23. The molecule has 0 aliphatic rings. The molecule has 1 N–H and O–H groups in total. The summed E-state index contributed by atoms with van der Waals surface area (Å²) in [6, 6.07) is 21.2. The number of thioether (sulfide) groups is 1. The van der Waals surface area contributed by atoms with Crippen molar-refractivity contribution in [1.29, 1.82) is 0 Å². The molecule has 0 atom stereocenters. The number of benzene rings is 3. The average molecular weight is 469 g/mol. The summed E-state index contributed by atoms with van der Waals surface area (Å²) < 4.78 is 27.6. The first-order valence-corrected chi connectivity index (χ1v) is 13.1. The van der Waals surface area contributed by atoms with Gasteiger partial charge >= 0.3 is 0 Å². The van der Waals surface area contributed by atoms with Crippen LogP contribution in [0.25, 0.3) is 0 Å². The van der Waals surface area contributed by atoms with Gasteiger partial charge in [0.15, 0.2) is 0 Å². The summed E-state index contributed by atoms with van der Waals surface area (Å²) in [6.07, 6.45) is 1.94. The minimum Gasteiger partial charge on any atom is -0.322 e. The van der Waals surface area contributed by atoms with E-state index in [0.29, 0.717) is 17.2 Å². The van der Waals surface area contributed by atoms with Crippen molar-refractivity contribution >= 4 is 39.1 Å². The van der Waals surface area contributed by atoms with Crippen molar-refractivity contribution in [3.63, 3.8) is 0 Å². The van der Waals surface area contributed by atoms with Crippen molar-refractivity contribution in [2.75, 3.05) is 22.4 Å². The van der Waals surface area contributed by atoms with Crippen molar-refractivity contribution in [1.82, 2.24) is 0 Å². The van der Waals surface area contributed by atoms with Gasteiger partial charge in [-0.25, -0.2) is 8.42 Å². The topological polar surface area (TPSA) is 66.5 Å². The summed E-state index contributed by atoms with van der Waals surface area (Å²) >= 11 is 1.56. The molecule has 3 rings (SSSR count). The zero-order valence-corrected chi connectivity index (χ0v) is 20.3. The maximum absolute atomic E-state index is 13.1. The second-order valence-electron chi connectivity index (χ2n) is 7.62. The van der Waals surface area contributed by atoms with E-state index >= 15 is 0 Å². The highest BCUT2D eigenvalue weighted by molar-refractivity contribution is 7.98. The van der Waals surface area contributed by atoms with E-state index in [1.54, 1.807) is 67.2 Å². The van der Waals surface area contributed by atoms with Crippen LogP contribution in [0.4, 0.5) is 11.4 Å². The molecule has 0 spiro atoms. The largest absolute Gasteiger partial charge is 0.322 e. The molecule has 5 nitrogen and oxygen atoms in total. The molecule has 0 heterocycles. The molecule has 3 aromatic carbocycles. The lowest BCUT2D eigenvalue weighted by atomic mass is 10.0. The smallest absolute Gasteiger partial charge is 0.264 e. The Bertz CT molecular complexity index is 1160. The Hall–Kier alpha value is -2.77. The molecule has 0 saturated carbocycles. The van der Waals surface area contributed by atoms with E-state index in [1.807, 2.05) is 30.5 Å². The number of hydrogen-bond acceptors (Lipinski definition) is 4. The summed E-state index contributed by atoms with van der Waals surface area (Å²) in [6.45, 7) is 6.30. The Morgan fingerprint density at radius 2 is 1.53 bits per heavy atom. The van der Waals surface area contributed by atoms with Crippen LogP contribution in [0.1, 0.15) is 42.6 Å². The van der Waals surface area contributed by atoms with Crippen LogP contribution in [-0.4, -0.2) is 27.1 Å². The first kappa shape index (κ1) is 23.9. The molecule has 0 aliphatic heterocycles. The minimum absolute atomic E-state index is 0.240. The van der Waals surface area contributed by atoms with E-state index in [0.717, 1.165) is 10.6 Å². The van der Waals surface area contributed by atoms with Gasteiger partial charge in [-0.1, -0.05) is 26.0 Å². The zero-order valence-electron chi connectivity index (χ0n) is 18.7. The number of hydrogen-bond donors (Lipinski definition) is 1. The summed E-state index contributed by atoms with van der Waals surface area (Å²) in [7, 11) is -3.70. The van der Waals surface area contributed by atoms with Gasteiger partial charge in [0.1, 0.15) is 0 Å². The van der Waals surface area contributed by atoms with Crippen molar-refractivity contribution in [3.8, 4) is 0 Å². The standard InChI is InChI=1S/C25H28N2O3S2/c1-5-27(32(29,30)24-16-14-23(31-4)15-17-24)22-12-8-20(9-13-22)25(28)26-21-10-6-19(7-11-21)18(2)3/h6-18H,5H2,1-4H3,(H,26,28). The Morgan fingerprint density at radius 3 is 2.03 bits per heavy atom. The van der Waals surface area contributed by atoms with Gasteiger partial charge in [-0.05, 0) is 85.3 Å². The predicted octanol–water partition coefficient (Wildman–Crippen LogP) is 6.00. The van der Waals surface area contributed by atoms with Crippen molar-refractivity contribution in [2.24, 2.45) is 0 Å². The van der Waals surface area contributed by atoms with Gasteiger partial charge in [0, 0.05) is 22.7 Å². The number of carbonyl (C=O) groups is 1. The van der Waals surface area contributed by atoms with E-state index in [1.165, 1.54) is 9.87 Å². The van der Waals surface area contributed by atoms with E-state index in [2.05, 4.69) is 19.2 Å². The van der Waals surface area contributed by atoms with Crippen LogP contribution in [0.5, 0.6) is 0 Å². The molecule has 0 bridgehead atoms. The Kier molecular flexibility index (Phi) is 7.64. The van der Waals surface area contributed by atoms with E-state index < -0.39 is 10.0 Å². The third-order valence-corrected chi connectivity index (χ3v) is 7.85. The normalized spacial score (nSPS) is 11.4. The zero-order chi connectivity index (χ0) is 23.3. The number of anilines is 2. The number of nitrogens with one attached hydrogen (secondary N) is 1. The molecule has 7 heteroatoms. The molecule has 0 radical (unpaired) electrons. The lowest BCUT2D eigenvalue weighted by molar-refractivity contribution is 0.102. The summed E-state index contributed by atoms with van der Waals surface area (Å²) in [5.41, 5.74) is 2.89. The molecule has 0 unspecified atom stereocenters. The Morgan fingerprint density at radius 1 is 0.938 bits per heavy atom. The van der Waals surface area contributed by atoms with Crippen molar-refractivity contribution < 1.29 is 13.2 Å². The Balaban J connectivity index is 1.77. The molecule has 168 valence electrons. The third kappa shape index (κ3) is 5.34. The van der Waals surface area contributed by atoms with E-state index in [-0.39, 0.29) is 17.3 Å². The van der Waals surface area contributed by atoms with Gasteiger partial charge in [-0.3, -0.25) is 9.10 Å². The highest BCUT2D eigenvalue weighted by Gasteiger charge is 2.23. The maximum atomic E-state index is 13.1. The fraction of sp³-hybridized carbons (Fsp3) is 0.240. The van der Waals surface area contributed by atoms with E-state index in [4.69, 9.17) is 0 Å². The maximum Gasteiger partial charge on any atom is 0.264 e. The minimum atomic E-state index is -3.70. The van der Waals surface area contributed by atoms with Crippen molar-refractivity contribution in [3.05, 3.63) is 83.9 Å². The van der Waals surface area contributed by atoms with Gasteiger partial charge in [-0.2, -0.15) is 0 Å². The summed E-state index contributed by atoms with van der Waals surface area (Å²) in [5, 5.41) is 2.88. The molecule has 32 heavy (non-hydrogen) atoms. The number of carbonyl (C=O) groups excluding carboxylic acids is 1. The molecule has 0 aromatic heterocycles. The molecule has 0 saturated heterocycles. The number of amides is 1. The third-order valence-electron chi connectivity index (χ3n) is 5.19. The van der Waals surface area contributed by atoms with Crippen LogP contribution in [0.3, 0.4) is 0 Å².